The molecule has 8 nitrogen and oxygen atoms in total. The van der Waals surface area contributed by atoms with Gasteiger partial charge in [-0.15, -0.1) is 0 Å². The van der Waals surface area contributed by atoms with E-state index in [0.717, 1.165) is 0 Å². The summed E-state index contributed by atoms with van der Waals surface area (Å²) < 4.78 is 21.6. The Bertz CT molecular complexity index is 929. The van der Waals surface area contributed by atoms with Crippen molar-refractivity contribution >= 4 is 23.2 Å². The average Bonchev–Trinajstić information content (AvgIpc) is 2.82. The lowest BCUT2D eigenvalue weighted by molar-refractivity contribution is -0.124. The minimum atomic E-state index is -0.654. The third-order valence-corrected chi connectivity index (χ3v) is 4.62. The first kappa shape index (κ1) is 20.3. The number of amides is 2. The number of hydrogen-bond acceptors (Lipinski definition) is 6. The third kappa shape index (κ3) is 4.06. The third-order valence-electron chi connectivity index (χ3n) is 4.62. The van der Waals surface area contributed by atoms with Crippen molar-refractivity contribution < 1.29 is 28.5 Å². The van der Waals surface area contributed by atoms with Crippen molar-refractivity contribution in [2.75, 3.05) is 38.6 Å². The molecule has 0 bridgehead atoms. The van der Waals surface area contributed by atoms with Crippen molar-refractivity contribution in [2.24, 2.45) is 5.41 Å². The number of fused-ring (bicyclic) bond motifs is 1. The van der Waals surface area contributed by atoms with Crippen molar-refractivity contribution in [3.8, 4) is 23.0 Å². The van der Waals surface area contributed by atoms with E-state index < -0.39 is 5.41 Å². The fourth-order valence-electron chi connectivity index (χ4n) is 2.85. The van der Waals surface area contributed by atoms with Crippen LogP contribution in [0.5, 0.6) is 23.0 Å². The van der Waals surface area contributed by atoms with Crippen LogP contribution in [0.25, 0.3) is 0 Å². The second-order valence-electron chi connectivity index (χ2n) is 7.21. The molecule has 154 valence electrons. The van der Waals surface area contributed by atoms with E-state index in [1.54, 1.807) is 44.2 Å². The molecule has 29 heavy (non-hydrogen) atoms. The molecule has 8 heteroatoms. The summed E-state index contributed by atoms with van der Waals surface area (Å²) in [5.41, 5.74) is 0.770. The van der Waals surface area contributed by atoms with Gasteiger partial charge in [0, 0.05) is 17.3 Å². The predicted molar refractivity (Wildman–Crippen MR) is 108 cm³/mol. The first-order valence-electron chi connectivity index (χ1n) is 8.98. The van der Waals surface area contributed by atoms with E-state index >= 15 is 0 Å². The molecule has 0 radical (unpaired) electrons. The van der Waals surface area contributed by atoms with Gasteiger partial charge in [-0.05, 0) is 38.1 Å². The lowest BCUT2D eigenvalue weighted by Crippen LogP contribution is -2.33. The molecule has 0 saturated heterocycles. The van der Waals surface area contributed by atoms with E-state index in [0.29, 0.717) is 39.9 Å². The van der Waals surface area contributed by atoms with Gasteiger partial charge >= 0.3 is 0 Å². The Balaban J connectivity index is 1.85. The number of anilines is 2. The predicted octanol–water partition coefficient (Wildman–Crippen LogP) is 3.32. The van der Waals surface area contributed by atoms with Crippen molar-refractivity contribution in [1.82, 2.24) is 0 Å². The van der Waals surface area contributed by atoms with E-state index in [1.807, 2.05) is 0 Å². The molecule has 1 aliphatic rings. The molecule has 0 spiro atoms. The lowest BCUT2D eigenvalue weighted by Gasteiger charge is -2.18. The summed E-state index contributed by atoms with van der Waals surface area (Å²) >= 11 is 0. The minimum absolute atomic E-state index is 0.120. The Kier molecular flexibility index (Phi) is 5.54. The summed E-state index contributed by atoms with van der Waals surface area (Å²) in [4.78, 5) is 25.0. The molecule has 0 unspecified atom stereocenters. The number of ether oxygens (including phenoxy) is 4. The van der Waals surface area contributed by atoms with E-state index in [2.05, 4.69) is 10.6 Å². The van der Waals surface area contributed by atoms with Crippen LogP contribution in [0.3, 0.4) is 0 Å². The van der Waals surface area contributed by atoms with Gasteiger partial charge in [0.15, 0.2) is 11.5 Å². The van der Waals surface area contributed by atoms with Gasteiger partial charge in [-0.25, -0.2) is 0 Å². The monoisotopic (exact) mass is 400 g/mol. The second kappa shape index (κ2) is 7.90. The van der Waals surface area contributed by atoms with E-state index in [-0.39, 0.29) is 18.4 Å². The molecule has 0 aromatic heterocycles. The largest absolute Gasteiger partial charge is 0.493 e. The maximum absolute atomic E-state index is 12.8. The van der Waals surface area contributed by atoms with E-state index in [9.17, 15) is 9.59 Å². The van der Waals surface area contributed by atoms with Gasteiger partial charge < -0.3 is 29.6 Å². The summed E-state index contributed by atoms with van der Waals surface area (Å²) in [5.74, 6) is 1.18. The Hall–Kier alpha value is -3.42. The summed E-state index contributed by atoms with van der Waals surface area (Å²) in [5, 5.41) is 5.66. The Morgan fingerprint density at radius 3 is 2.31 bits per heavy atom. The SMILES string of the molecule is COc1cc(C(=O)Nc2ccc3c(c2)OCC(C)(C)C(=O)N3)cc(OC)c1OC. The zero-order valence-corrected chi connectivity index (χ0v) is 17.0. The molecule has 1 aliphatic heterocycles. The summed E-state index contributed by atoms with van der Waals surface area (Å²) in [6.07, 6.45) is 0. The molecule has 2 N–H and O–H groups in total. The van der Waals surface area contributed by atoms with Gasteiger partial charge in [-0.2, -0.15) is 0 Å². The van der Waals surface area contributed by atoms with Crippen LogP contribution in [0, 0.1) is 5.41 Å². The molecule has 3 rings (SSSR count). The second-order valence-corrected chi connectivity index (χ2v) is 7.21. The molecule has 2 aromatic rings. The highest BCUT2D eigenvalue weighted by Crippen LogP contribution is 2.39. The standard InChI is InChI=1S/C21H24N2O6/c1-21(2)11-29-15-10-13(6-7-14(15)23-20(21)25)22-19(24)12-8-16(26-3)18(28-5)17(9-12)27-4/h6-10H,11H2,1-5H3,(H,22,24)(H,23,25). The van der Waals surface area contributed by atoms with Gasteiger partial charge in [-0.1, -0.05) is 0 Å². The average molecular weight is 400 g/mol. The van der Waals surface area contributed by atoms with Gasteiger partial charge in [0.25, 0.3) is 5.91 Å². The normalized spacial score (nSPS) is 14.6. The molecule has 2 amide bonds. The van der Waals surface area contributed by atoms with Gasteiger partial charge in [-0.3, -0.25) is 9.59 Å². The lowest BCUT2D eigenvalue weighted by atomic mass is 9.94. The smallest absolute Gasteiger partial charge is 0.255 e. The summed E-state index contributed by atoms with van der Waals surface area (Å²) in [6.45, 7) is 3.85. The molecule has 2 aromatic carbocycles. The van der Waals surface area contributed by atoms with Crippen LogP contribution in [0.1, 0.15) is 24.2 Å². The van der Waals surface area contributed by atoms with Crippen LogP contribution in [0.2, 0.25) is 0 Å². The van der Waals surface area contributed by atoms with Crippen molar-refractivity contribution in [2.45, 2.75) is 13.8 Å². The number of methoxy groups -OCH3 is 3. The first-order valence-corrected chi connectivity index (χ1v) is 8.98. The Labute approximate surface area is 169 Å². The highest BCUT2D eigenvalue weighted by atomic mass is 16.5. The molecule has 0 saturated carbocycles. The van der Waals surface area contributed by atoms with Crippen LogP contribution in [0.4, 0.5) is 11.4 Å². The molecular formula is C21H24N2O6. The number of carbonyl (C=O) groups is 2. The summed E-state index contributed by atoms with van der Waals surface area (Å²) in [6, 6.07) is 8.20. The number of rotatable bonds is 5. The number of benzene rings is 2. The Morgan fingerprint density at radius 1 is 1.07 bits per heavy atom. The zero-order valence-electron chi connectivity index (χ0n) is 17.0. The molecular weight excluding hydrogens is 376 g/mol. The Morgan fingerprint density at radius 2 is 1.72 bits per heavy atom. The molecule has 1 heterocycles. The molecule has 0 fully saturated rings. The fourth-order valence-corrected chi connectivity index (χ4v) is 2.85. The van der Waals surface area contributed by atoms with Crippen LogP contribution < -0.4 is 29.6 Å². The molecule has 0 atom stereocenters. The van der Waals surface area contributed by atoms with Crippen LogP contribution in [0.15, 0.2) is 30.3 Å². The quantitative estimate of drug-likeness (QED) is 0.800. The molecule has 0 aliphatic carbocycles. The van der Waals surface area contributed by atoms with Gasteiger partial charge in [0.1, 0.15) is 12.4 Å². The van der Waals surface area contributed by atoms with Crippen LogP contribution in [-0.4, -0.2) is 39.8 Å². The maximum Gasteiger partial charge on any atom is 0.255 e. The highest BCUT2D eigenvalue weighted by Gasteiger charge is 2.32. The summed E-state index contributed by atoms with van der Waals surface area (Å²) in [7, 11) is 4.47. The van der Waals surface area contributed by atoms with E-state index in [4.69, 9.17) is 18.9 Å². The first-order chi connectivity index (χ1) is 13.8. The maximum atomic E-state index is 12.8. The van der Waals surface area contributed by atoms with Crippen LogP contribution >= 0.6 is 0 Å². The minimum Gasteiger partial charge on any atom is -0.493 e. The van der Waals surface area contributed by atoms with Crippen LogP contribution in [-0.2, 0) is 4.79 Å². The van der Waals surface area contributed by atoms with Gasteiger partial charge in [0.2, 0.25) is 11.7 Å². The fraction of sp³-hybridized carbons (Fsp3) is 0.333. The van der Waals surface area contributed by atoms with E-state index in [1.165, 1.54) is 21.3 Å². The number of hydrogen-bond donors (Lipinski definition) is 2. The number of nitrogens with one attached hydrogen (secondary N) is 2. The van der Waals surface area contributed by atoms with Crippen molar-refractivity contribution in [1.29, 1.82) is 0 Å². The highest BCUT2D eigenvalue weighted by molar-refractivity contribution is 6.05. The van der Waals surface area contributed by atoms with Gasteiger partial charge in [0.05, 0.1) is 32.4 Å². The topological polar surface area (TPSA) is 95.1 Å². The van der Waals surface area contributed by atoms with Crippen molar-refractivity contribution in [3.05, 3.63) is 35.9 Å². The zero-order chi connectivity index (χ0) is 21.2. The van der Waals surface area contributed by atoms with Crippen molar-refractivity contribution in [3.63, 3.8) is 0 Å². The number of carbonyl (C=O) groups excluding carboxylic acids is 2.